The molecule has 2 heterocycles. The maximum atomic E-state index is 12.4. The number of imidazole rings is 1. The Morgan fingerprint density at radius 1 is 1.04 bits per heavy atom. The number of rotatable bonds is 3. The standard InChI is InChI=1S/C20H18N4O/c25-20-15(10-21-16-4-5-17-19(9-16)23-11-22-17)7-14-6-12-2-1-3-13(12)8-18(14)24-20/h4-9,11,21H,1-3,10H2,(H,22,23)(H,24,25). The Kier molecular flexibility index (Phi) is 3.13. The number of nitrogens with one attached hydrogen (secondary N) is 3. The first kappa shape index (κ1) is 14.3. The zero-order valence-corrected chi connectivity index (χ0v) is 13.7. The van der Waals surface area contributed by atoms with Crippen LogP contribution in [0.1, 0.15) is 23.1 Å². The molecule has 0 aliphatic heterocycles. The molecule has 0 atom stereocenters. The van der Waals surface area contributed by atoms with Gasteiger partial charge in [0.2, 0.25) is 0 Å². The normalized spacial score (nSPS) is 13.4. The van der Waals surface area contributed by atoms with Crippen LogP contribution in [0.2, 0.25) is 0 Å². The van der Waals surface area contributed by atoms with E-state index in [4.69, 9.17) is 0 Å². The SMILES string of the molecule is O=c1[nH]c2cc3c(cc2cc1CNc1ccc2nc[nH]c2c1)CCC3. The fourth-order valence-electron chi connectivity index (χ4n) is 3.70. The fourth-order valence-corrected chi connectivity index (χ4v) is 3.70. The molecule has 5 rings (SSSR count). The third-order valence-corrected chi connectivity index (χ3v) is 5.04. The second-order valence-electron chi connectivity index (χ2n) is 6.67. The van der Waals surface area contributed by atoms with Gasteiger partial charge in [0.25, 0.3) is 5.56 Å². The van der Waals surface area contributed by atoms with E-state index in [0.29, 0.717) is 6.54 Å². The molecule has 0 fully saturated rings. The first-order valence-corrected chi connectivity index (χ1v) is 8.61. The lowest BCUT2D eigenvalue weighted by Crippen LogP contribution is -2.15. The maximum absolute atomic E-state index is 12.4. The van der Waals surface area contributed by atoms with Crippen LogP contribution in [-0.4, -0.2) is 15.0 Å². The highest BCUT2D eigenvalue weighted by atomic mass is 16.1. The molecule has 5 heteroatoms. The number of H-pyrrole nitrogens is 2. The van der Waals surface area contributed by atoms with Crippen LogP contribution in [0.4, 0.5) is 5.69 Å². The van der Waals surface area contributed by atoms with E-state index < -0.39 is 0 Å². The van der Waals surface area contributed by atoms with Crippen LogP contribution >= 0.6 is 0 Å². The summed E-state index contributed by atoms with van der Waals surface area (Å²) in [4.78, 5) is 22.8. The minimum atomic E-state index is -0.0273. The average Bonchev–Trinajstić information content (AvgIpc) is 3.26. The Morgan fingerprint density at radius 3 is 2.84 bits per heavy atom. The molecule has 0 bridgehead atoms. The van der Waals surface area contributed by atoms with E-state index in [2.05, 4.69) is 32.4 Å². The van der Waals surface area contributed by atoms with Crippen molar-refractivity contribution >= 4 is 27.6 Å². The largest absolute Gasteiger partial charge is 0.381 e. The number of fused-ring (bicyclic) bond motifs is 3. The first-order valence-electron chi connectivity index (χ1n) is 8.61. The van der Waals surface area contributed by atoms with E-state index in [9.17, 15) is 4.79 Å². The summed E-state index contributed by atoms with van der Waals surface area (Å²) in [5, 5.41) is 4.45. The Hall–Kier alpha value is -3.08. The summed E-state index contributed by atoms with van der Waals surface area (Å²) in [6, 6.07) is 12.3. The number of aryl methyl sites for hydroxylation is 2. The van der Waals surface area contributed by atoms with E-state index in [0.717, 1.165) is 46.0 Å². The molecule has 5 nitrogen and oxygen atoms in total. The van der Waals surface area contributed by atoms with E-state index in [1.54, 1.807) is 6.33 Å². The number of benzene rings is 2. The van der Waals surface area contributed by atoms with Gasteiger partial charge in [0.05, 0.1) is 17.4 Å². The zero-order valence-electron chi connectivity index (χ0n) is 13.7. The predicted octanol–water partition coefficient (Wildman–Crippen LogP) is 3.51. The Morgan fingerprint density at radius 2 is 1.92 bits per heavy atom. The fraction of sp³-hybridized carbons (Fsp3) is 0.200. The molecule has 0 saturated heterocycles. The van der Waals surface area contributed by atoms with Gasteiger partial charge in [-0.1, -0.05) is 0 Å². The van der Waals surface area contributed by atoms with Gasteiger partial charge in [-0.3, -0.25) is 4.79 Å². The molecule has 25 heavy (non-hydrogen) atoms. The smallest absolute Gasteiger partial charge is 0.253 e. The number of aromatic nitrogens is 3. The lowest BCUT2D eigenvalue weighted by molar-refractivity contribution is 0.912. The monoisotopic (exact) mass is 330 g/mol. The van der Waals surface area contributed by atoms with Crippen LogP contribution in [-0.2, 0) is 19.4 Å². The molecule has 1 aliphatic rings. The Bertz CT molecular complexity index is 1160. The van der Waals surface area contributed by atoms with Crippen LogP contribution in [0.25, 0.3) is 21.9 Å². The van der Waals surface area contributed by atoms with Crippen LogP contribution in [0.3, 0.4) is 0 Å². The van der Waals surface area contributed by atoms with Gasteiger partial charge in [-0.05, 0) is 72.2 Å². The summed E-state index contributed by atoms with van der Waals surface area (Å²) in [5.41, 5.74) is 7.33. The summed E-state index contributed by atoms with van der Waals surface area (Å²) in [6.45, 7) is 0.488. The highest BCUT2D eigenvalue weighted by molar-refractivity contribution is 5.81. The summed E-state index contributed by atoms with van der Waals surface area (Å²) in [7, 11) is 0. The van der Waals surface area contributed by atoms with E-state index >= 15 is 0 Å². The van der Waals surface area contributed by atoms with Crippen molar-refractivity contribution in [2.75, 3.05) is 5.32 Å². The average molecular weight is 330 g/mol. The van der Waals surface area contributed by atoms with Gasteiger partial charge in [0.1, 0.15) is 0 Å². The first-order chi connectivity index (χ1) is 12.3. The number of hydrogen-bond donors (Lipinski definition) is 3. The van der Waals surface area contributed by atoms with Gasteiger partial charge in [-0.2, -0.15) is 0 Å². The van der Waals surface area contributed by atoms with Crippen LogP contribution in [0.5, 0.6) is 0 Å². The minimum absolute atomic E-state index is 0.0273. The maximum Gasteiger partial charge on any atom is 0.253 e. The van der Waals surface area contributed by atoms with Crippen molar-refractivity contribution in [1.82, 2.24) is 15.0 Å². The van der Waals surface area contributed by atoms with Crippen molar-refractivity contribution in [3.8, 4) is 0 Å². The van der Waals surface area contributed by atoms with Crippen LogP contribution < -0.4 is 10.9 Å². The highest BCUT2D eigenvalue weighted by Gasteiger charge is 2.13. The lowest BCUT2D eigenvalue weighted by atomic mass is 10.0. The molecular weight excluding hydrogens is 312 g/mol. The Labute approximate surface area is 144 Å². The van der Waals surface area contributed by atoms with Crippen LogP contribution in [0.15, 0.2) is 47.5 Å². The van der Waals surface area contributed by atoms with Gasteiger partial charge >= 0.3 is 0 Å². The van der Waals surface area contributed by atoms with E-state index in [1.807, 2.05) is 24.3 Å². The van der Waals surface area contributed by atoms with Crippen molar-refractivity contribution in [2.24, 2.45) is 0 Å². The minimum Gasteiger partial charge on any atom is -0.381 e. The highest BCUT2D eigenvalue weighted by Crippen LogP contribution is 2.26. The number of pyridine rings is 1. The molecule has 0 radical (unpaired) electrons. The Balaban J connectivity index is 1.46. The van der Waals surface area contributed by atoms with Gasteiger partial charge < -0.3 is 15.3 Å². The quantitative estimate of drug-likeness (QED) is 0.538. The number of aromatic amines is 2. The molecule has 4 aromatic rings. The van der Waals surface area contributed by atoms with Gasteiger partial charge in [0.15, 0.2) is 0 Å². The van der Waals surface area contributed by atoms with Crippen molar-refractivity contribution in [2.45, 2.75) is 25.8 Å². The summed E-state index contributed by atoms with van der Waals surface area (Å²) in [5.74, 6) is 0. The second-order valence-corrected chi connectivity index (χ2v) is 6.67. The number of hydrogen-bond acceptors (Lipinski definition) is 3. The molecule has 124 valence electrons. The topological polar surface area (TPSA) is 73.6 Å². The molecule has 0 amide bonds. The van der Waals surface area contributed by atoms with E-state index in [1.165, 1.54) is 17.5 Å². The molecule has 2 aromatic heterocycles. The molecular formula is C20H18N4O. The van der Waals surface area contributed by atoms with Crippen molar-refractivity contribution in [3.63, 3.8) is 0 Å². The zero-order chi connectivity index (χ0) is 16.8. The summed E-state index contributed by atoms with van der Waals surface area (Å²) in [6.07, 6.45) is 5.15. The number of anilines is 1. The van der Waals surface area contributed by atoms with E-state index in [-0.39, 0.29) is 5.56 Å². The molecule has 3 N–H and O–H groups in total. The predicted molar refractivity (Wildman–Crippen MR) is 100 cm³/mol. The van der Waals surface area contributed by atoms with Gasteiger partial charge in [0, 0.05) is 23.3 Å². The third-order valence-electron chi connectivity index (χ3n) is 5.04. The second kappa shape index (κ2) is 5.48. The molecule has 0 saturated carbocycles. The van der Waals surface area contributed by atoms with Gasteiger partial charge in [-0.25, -0.2) is 4.98 Å². The third kappa shape index (κ3) is 2.48. The summed E-state index contributed by atoms with van der Waals surface area (Å²) >= 11 is 0. The van der Waals surface area contributed by atoms with Crippen molar-refractivity contribution in [1.29, 1.82) is 0 Å². The van der Waals surface area contributed by atoms with Crippen molar-refractivity contribution in [3.05, 3.63) is 69.8 Å². The van der Waals surface area contributed by atoms with Crippen molar-refractivity contribution < 1.29 is 0 Å². The summed E-state index contributed by atoms with van der Waals surface area (Å²) < 4.78 is 0. The molecule has 0 spiro atoms. The molecule has 2 aromatic carbocycles. The van der Waals surface area contributed by atoms with Gasteiger partial charge in [-0.15, -0.1) is 0 Å². The number of nitrogens with zero attached hydrogens (tertiary/aromatic N) is 1. The van der Waals surface area contributed by atoms with Crippen LogP contribution in [0, 0.1) is 0 Å². The lowest BCUT2D eigenvalue weighted by Gasteiger charge is -2.08. The molecule has 0 unspecified atom stereocenters. The molecule has 1 aliphatic carbocycles.